The van der Waals surface area contributed by atoms with E-state index in [0.29, 0.717) is 11.8 Å². The summed E-state index contributed by atoms with van der Waals surface area (Å²) in [6.07, 6.45) is 21.6. The van der Waals surface area contributed by atoms with E-state index in [0.717, 1.165) is 35.5 Å². The minimum atomic E-state index is 0.616. The van der Waals surface area contributed by atoms with E-state index in [1.54, 1.807) is 16.7 Å². The Morgan fingerprint density at radius 2 is 1.04 bits per heavy atom. The van der Waals surface area contributed by atoms with E-state index in [1.165, 1.54) is 0 Å². The van der Waals surface area contributed by atoms with Crippen molar-refractivity contribution in [3.8, 4) is 0 Å². The minimum Gasteiger partial charge on any atom is -0.0833 e. The molecular weight excluding hydrogens is 276 g/mol. The number of hydrogen-bond donors (Lipinski definition) is 0. The average Bonchev–Trinajstić information content (AvgIpc) is 3.36. The van der Waals surface area contributed by atoms with Crippen LogP contribution >= 0.6 is 0 Å². The molecule has 118 valence electrons. The van der Waals surface area contributed by atoms with Crippen molar-refractivity contribution < 1.29 is 0 Å². The highest BCUT2D eigenvalue weighted by Crippen LogP contribution is 2.57. The molecule has 23 heavy (non-hydrogen) atoms. The molecule has 8 bridgehead atoms. The van der Waals surface area contributed by atoms with Gasteiger partial charge in [-0.15, -0.1) is 0 Å². The van der Waals surface area contributed by atoms with Crippen molar-refractivity contribution in [1.29, 1.82) is 0 Å². The highest BCUT2D eigenvalue weighted by Gasteiger charge is 2.50. The summed E-state index contributed by atoms with van der Waals surface area (Å²) in [4.78, 5) is 0. The fraction of sp³-hybridized carbons (Fsp3) is 0.478. The van der Waals surface area contributed by atoms with Gasteiger partial charge in [0.15, 0.2) is 0 Å². The van der Waals surface area contributed by atoms with E-state index in [2.05, 4.69) is 75.5 Å². The zero-order valence-corrected chi connectivity index (χ0v) is 14.3. The predicted molar refractivity (Wildman–Crippen MR) is 96.6 cm³/mol. The van der Waals surface area contributed by atoms with Gasteiger partial charge in [0.25, 0.3) is 0 Å². The standard InChI is InChI=1S/C12H14.C11H12/c1-7-8(2)12-10-5-3-9(7)4-6-11(10)12;1-7-6-11-9-4-2-8(7)3-5-10(9)11/h3-6,9-12H,1-2H3;2-6,8-11H,1H3. The molecule has 4 atom stereocenters. The summed E-state index contributed by atoms with van der Waals surface area (Å²) in [6, 6.07) is 0. The van der Waals surface area contributed by atoms with E-state index in [-0.39, 0.29) is 0 Å². The maximum atomic E-state index is 2.47. The summed E-state index contributed by atoms with van der Waals surface area (Å²) in [5, 5.41) is 0. The van der Waals surface area contributed by atoms with Crippen LogP contribution in [-0.2, 0) is 0 Å². The van der Waals surface area contributed by atoms with Crippen molar-refractivity contribution >= 4 is 0 Å². The molecular formula is C23H26. The summed E-state index contributed by atoms with van der Waals surface area (Å²) in [5.74, 6) is 6.37. The molecule has 2 saturated carbocycles. The summed E-state index contributed by atoms with van der Waals surface area (Å²) in [5.41, 5.74) is 4.80. The molecule has 0 aromatic carbocycles. The highest BCUT2D eigenvalue weighted by atomic mass is 14.5. The molecule has 8 aliphatic rings. The Balaban J connectivity index is 0.000000106. The van der Waals surface area contributed by atoms with Crippen LogP contribution in [0, 0.1) is 47.3 Å². The van der Waals surface area contributed by atoms with E-state index < -0.39 is 0 Å². The molecule has 4 unspecified atom stereocenters. The first kappa shape index (κ1) is 13.8. The Bertz CT molecular complexity index is 683. The van der Waals surface area contributed by atoms with E-state index in [1.807, 2.05) is 0 Å². The fourth-order valence-electron chi connectivity index (χ4n) is 5.21. The number of allylic oxidation sites excluding steroid dienone is 12. The Hall–Kier alpha value is -1.56. The smallest absolute Gasteiger partial charge is 0.0157 e. The first-order valence-corrected chi connectivity index (χ1v) is 9.24. The van der Waals surface area contributed by atoms with Crippen molar-refractivity contribution in [2.45, 2.75) is 20.8 Å². The van der Waals surface area contributed by atoms with Gasteiger partial charge in [-0.1, -0.05) is 71.4 Å². The number of rotatable bonds is 0. The molecule has 8 rings (SSSR count). The maximum Gasteiger partial charge on any atom is 0.0157 e. The summed E-state index contributed by atoms with van der Waals surface area (Å²) in [7, 11) is 0. The van der Waals surface area contributed by atoms with Crippen LogP contribution in [0.15, 0.2) is 71.4 Å². The van der Waals surface area contributed by atoms with Crippen LogP contribution in [0.5, 0.6) is 0 Å². The van der Waals surface area contributed by atoms with Crippen molar-refractivity contribution in [2.24, 2.45) is 47.3 Å². The van der Waals surface area contributed by atoms with Gasteiger partial charge in [0.2, 0.25) is 0 Å². The average molecular weight is 302 g/mol. The van der Waals surface area contributed by atoms with Gasteiger partial charge in [-0.3, -0.25) is 0 Å². The second-order valence-corrected chi connectivity index (χ2v) is 8.28. The monoisotopic (exact) mass is 302 g/mol. The normalized spacial score (nSPS) is 48.9. The maximum absolute atomic E-state index is 2.47. The van der Waals surface area contributed by atoms with Crippen molar-refractivity contribution in [2.75, 3.05) is 0 Å². The van der Waals surface area contributed by atoms with E-state index in [9.17, 15) is 0 Å². The third-order valence-corrected chi connectivity index (χ3v) is 7.09. The van der Waals surface area contributed by atoms with Crippen LogP contribution in [0.3, 0.4) is 0 Å². The van der Waals surface area contributed by atoms with Gasteiger partial charge in [0, 0.05) is 11.8 Å². The third-order valence-electron chi connectivity index (χ3n) is 7.09. The van der Waals surface area contributed by atoms with E-state index in [4.69, 9.17) is 0 Å². The Labute approximate surface area is 140 Å². The van der Waals surface area contributed by atoms with Gasteiger partial charge >= 0.3 is 0 Å². The molecule has 0 aromatic heterocycles. The topological polar surface area (TPSA) is 0 Å². The molecule has 0 amide bonds. The van der Waals surface area contributed by atoms with Gasteiger partial charge in [0.1, 0.15) is 0 Å². The lowest BCUT2D eigenvalue weighted by Crippen LogP contribution is -1.95. The van der Waals surface area contributed by atoms with Crippen LogP contribution in [0.2, 0.25) is 0 Å². The van der Waals surface area contributed by atoms with Crippen LogP contribution in [-0.4, -0.2) is 0 Å². The lowest BCUT2D eigenvalue weighted by Gasteiger charge is -2.09. The van der Waals surface area contributed by atoms with E-state index >= 15 is 0 Å². The summed E-state index contributed by atoms with van der Waals surface area (Å²) < 4.78 is 0. The van der Waals surface area contributed by atoms with Crippen molar-refractivity contribution in [3.63, 3.8) is 0 Å². The molecule has 0 heteroatoms. The lowest BCUT2D eigenvalue weighted by atomic mass is 9.96. The summed E-state index contributed by atoms with van der Waals surface area (Å²) >= 11 is 0. The zero-order chi connectivity index (χ0) is 15.7. The minimum absolute atomic E-state index is 0.616. The highest BCUT2D eigenvalue weighted by molar-refractivity contribution is 5.40. The van der Waals surface area contributed by atoms with Crippen molar-refractivity contribution in [3.05, 3.63) is 71.4 Å². The molecule has 0 N–H and O–H groups in total. The van der Waals surface area contributed by atoms with Gasteiger partial charge in [0.05, 0.1) is 0 Å². The van der Waals surface area contributed by atoms with Gasteiger partial charge in [-0.05, 0) is 56.3 Å². The first-order chi connectivity index (χ1) is 11.1. The Morgan fingerprint density at radius 1 is 0.522 bits per heavy atom. The molecule has 0 aliphatic heterocycles. The second kappa shape index (κ2) is 4.72. The summed E-state index contributed by atoms with van der Waals surface area (Å²) in [6.45, 7) is 6.86. The van der Waals surface area contributed by atoms with Gasteiger partial charge in [-0.25, -0.2) is 0 Å². The van der Waals surface area contributed by atoms with Crippen LogP contribution in [0.4, 0.5) is 0 Å². The second-order valence-electron chi connectivity index (χ2n) is 8.28. The first-order valence-electron chi connectivity index (χ1n) is 9.24. The lowest BCUT2D eigenvalue weighted by molar-refractivity contribution is 0.880. The molecule has 0 saturated heterocycles. The van der Waals surface area contributed by atoms with Crippen LogP contribution in [0.25, 0.3) is 0 Å². The predicted octanol–water partition coefficient (Wildman–Crippen LogP) is 5.49. The molecule has 8 aliphatic carbocycles. The number of hydrogen-bond acceptors (Lipinski definition) is 0. The zero-order valence-electron chi connectivity index (χ0n) is 14.3. The van der Waals surface area contributed by atoms with Crippen LogP contribution < -0.4 is 0 Å². The third kappa shape index (κ3) is 2.04. The molecule has 0 aromatic rings. The Kier molecular flexibility index (Phi) is 2.84. The SMILES string of the molecule is CC1=C(C)C2C3C=CC1C=CC32.CC1=CC2C3C=CC1C=CC32. The Morgan fingerprint density at radius 3 is 1.65 bits per heavy atom. The molecule has 0 spiro atoms. The molecule has 0 heterocycles. The van der Waals surface area contributed by atoms with Gasteiger partial charge in [-0.2, -0.15) is 0 Å². The molecule has 0 radical (unpaired) electrons. The van der Waals surface area contributed by atoms with Crippen molar-refractivity contribution in [1.82, 2.24) is 0 Å². The molecule has 2 fully saturated rings. The molecule has 0 nitrogen and oxygen atoms in total. The largest absolute Gasteiger partial charge is 0.0833 e. The van der Waals surface area contributed by atoms with Crippen LogP contribution in [0.1, 0.15) is 20.8 Å². The fourth-order valence-corrected chi connectivity index (χ4v) is 5.21. The quantitative estimate of drug-likeness (QED) is 0.519. The van der Waals surface area contributed by atoms with Gasteiger partial charge < -0.3 is 0 Å².